The fourth-order valence-electron chi connectivity index (χ4n) is 1.83. The van der Waals surface area contributed by atoms with Crippen LogP contribution in [0.2, 0.25) is 0 Å². The summed E-state index contributed by atoms with van der Waals surface area (Å²) < 4.78 is 26.9. The van der Waals surface area contributed by atoms with E-state index in [-0.39, 0.29) is 23.0 Å². The first-order chi connectivity index (χ1) is 10.1. The fourth-order valence-corrected chi connectivity index (χ4v) is 3.24. The number of rotatable bonds is 7. The van der Waals surface area contributed by atoms with Gasteiger partial charge in [-0.1, -0.05) is 0 Å². The summed E-state index contributed by atoms with van der Waals surface area (Å²) >= 11 is 0. The van der Waals surface area contributed by atoms with Gasteiger partial charge in [-0.3, -0.25) is 14.9 Å². The highest BCUT2D eigenvalue weighted by atomic mass is 32.2. The standard InChI is InChI=1S/C13H19N3O5S/c1-9-7-12(16(18)19)8-13(10(9)2)22(20,21)15-6-4-5-14-11(3)17/h7-8,15H,4-6H2,1-3H3,(H,14,17). The Bertz CT molecular complexity index is 685. The van der Waals surface area contributed by atoms with E-state index in [1.165, 1.54) is 13.0 Å². The van der Waals surface area contributed by atoms with Gasteiger partial charge in [-0.2, -0.15) is 0 Å². The molecule has 0 saturated heterocycles. The van der Waals surface area contributed by atoms with Crippen LogP contribution in [0.15, 0.2) is 17.0 Å². The molecule has 0 heterocycles. The lowest BCUT2D eigenvalue weighted by Crippen LogP contribution is -2.29. The van der Waals surface area contributed by atoms with E-state index in [1.807, 2.05) is 0 Å². The number of non-ortho nitro benzene ring substituents is 1. The molecule has 0 unspecified atom stereocenters. The Morgan fingerprint density at radius 2 is 1.91 bits per heavy atom. The van der Waals surface area contributed by atoms with Crippen LogP contribution in [0.3, 0.4) is 0 Å². The molecule has 0 atom stereocenters. The maximum atomic E-state index is 12.3. The van der Waals surface area contributed by atoms with E-state index in [2.05, 4.69) is 10.0 Å². The summed E-state index contributed by atoms with van der Waals surface area (Å²) in [6.45, 7) is 5.08. The molecule has 1 aromatic rings. The molecule has 1 rings (SSSR count). The Labute approximate surface area is 129 Å². The molecule has 22 heavy (non-hydrogen) atoms. The van der Waals surface area contributed by atoms with Crippen LogP contribution in [-0.2, 0) is 14.8 Å². The highest BCUT2D eigenvalue weighted by molar-refractivity contribution is 7.89. The van der Waals surface area contributed by atoms with Crippen molar-refractivity contribution in [3.8, 4) is 0 Å². The molecule has 9 heteroatoms. The number of carbonyl (C=O) groups excluding carboxylic acids is 1. The Kier molecular flexibility index (Phi) is 6.01. The number of sulfonamides is 1. The van der Waals surface area contributed by atoms with E-state index >= 15 is 0 Å². The Morgan fingerprint density at radius 3 is 2.45 bits per heavy atom. The first-order valence-corrected chi connectivity index (χ1v) is 8.13. The molecular weight excluding hydrogens is 310 g/mol. The van der Waals surface area contributed by atoms with Crippen molar-refractivity contribution in [3.63, 3.8) is 0 Å². The predicted octanol–water partition coefficient (Wildman–Crippen LogP) is 1.02. The summed E-state index contributed by atoms with van der Waals surface area (Å²) in [4.78, 5) is 20.8. The lowest BCUT2D eigenvalue weighted by molar-refractivity contribution is -0.385. The monoisotopic (exact) mass is 329 g/mol. The van der Waals surface area contributed by atoms with Crippen molar-refractivity contribution in [2.45, 2.75) is 32.1 Å². The van der Waals surface area contributed by atoms with Gasteiger partial charge in [-0.05, 0) is 31.4 Å². The number of nitrogens with zero attached hydrogens (tertiary/aromatic N) is 1. The minimum Gasteiger partial charge on any atom is -0.356 e. The number of nitro benzene ring substituents is 1. The zero-order chi connectivity index (χ0) is 16.9. The zero-order valence-corrected chi connectivity index (χ0v) is 13.5. The minimum atomic E-state index is -3.84. The second-order valence-electron chi connectivity index (χ2n) is 4.88. The largest absolute Gasteiger partial charge is 0.356 e. The number of hydrogen-bond acceptors (Lipinski definition) is 5. The van der Waals surface area contributed by atoms with Crippen molar-refractivity contribution in [3.05, 3.63) is 33.4 Å². The molecule has 0 aliphatic rings. The van der Waals surface area contributed by atoms with Crippen molar-refractivity contribution in [1.82, 2.24) is 10.0 Å². The maximum Gasteiger partial charge on any atom is 0.271 e. The van der Waals surface area contributed by atoms with Crippen LogP contribution < -0.4 is 10.0 Å². The van der Waals surface area contributed by atoms with Crippen LogP contribution in [0.25, 0.3) is 0 Å². The summed E-state index contributed by atoms with van der Waals surface area (Å²) in [6, 6.07) is 2.39. The lowest BCUT2D eigenvalue weighted by atomic mass is 10.1. The molecule has 122 valence electrons. The molecule has 0 bridgehead atoms. The molecule has 1 amide bonds. The summed E-state index contributed by atoms with van der Waals surface area (Å²) in [6.07, 6.45) is 0.422. The Morgan fingerprint density at radius 1 is 1.27 bits per heavy atom. The van der Waals surface area contributed by atoms with Crippen LogP contribution in [0.1, 0.15) is 24.5 Å². The van der Waals surface area contributed by atoms with Gasteiger partial charge in [-0.15, -0.1) is 0 Å². The minimum absolute atomic E-state index is 0.0984. The average Bonchev–Trinajstić information content (AvgIpc) is 2.40. The number of hydrogen-bond donors (Lipinski definition) is 2. The van der Waals surface area contributed by atoms with Crippen LogP contribution in [-0.4, -0.2) is 32.3 Å². The molecule has 0 saturated carbocycles. The molecule has 0 fully saturated rings. The molecule has 0 aliphatic heterocycles. The second kappa shape index (κ2) is 7.32. The molecule has 0 radical (unpaired) electrons. The van der Waals surface area contributed by atoms with Crippen molar-refractivity contribution in [1.29, 1.82) is 0 Å². The number of benzene rings is 1. The van der Waals surface area contributed by atoms with Crippen molar-refractivity contribution in [2.24, 2.45) is 0 Å². The Hall–Kier alpha value is -2.00. The summed E-state index contributed by atoms with van der Waals surface area (Å²) in [5, 5.41) is 13.4. The van der Waals surface area contributed by atoms with Gasteiger partial charge in [0, 0.05) is 32.1 Å². The van der Waals surface area contributed by atoms with Crippen molar-refractivity contribution >= 4 is 21.6 Å². The Balaban J connectivity index is 2.88. The van der Waals surface area contributed by atoms with Gasteiger partial charge in [0.2, 0.25) is 15.9 Å². The number of nitro groups is 1. The molecule has 2 N–H and O–H groups in total. The highest BCUT2D eigenvalue weighted by Gasteiger charge is 2.21. The summed E-state index contributed by atoms with van der Waals surface area (Å²) in [5.74, 6) is -0.187. The summed E-state index contributed by atoms with van der Waals surface area (Å²) in [7, 11) is -3.84. The number of carbonyl (C=O) groups is 1. The van der Waals surface area contributed by atoms with E-state index in [0.717, 1.165) is 6.07 Å². The lowest BCUT2D eigenvalue weighted by Gasteiger charge is -2.11. The second-order valence-corrected chi connectivity index (χ2v) is 6.61. The van der Waals surface area contributed by atoms with E-state index < -0.39 is 14.9 Å². The maximum absolute atomic E-state index is 12.3. The quantitative estimate of drug-likeness (QED) is 0.440. The van der Waals surface area contributed by atoms with Gasteiger partial charge in [-0.25, -0.2) is 13.1 Å². The third kappa shape index (κ3) is 4.78. The van der Waals surface area contributed by atoms with Crippen LogP contribution in [0, 0.1) is 24.0 Å². The van der Waals surface area contributed by atoms with E-state index in [4.69, 9.17) is 0 Å². The molecule has 0 spiro atoms. The first-order valence-electron chi connectivity index (χ1n) is 6.65. The van der Waals surface area contributed by atoms with Crippen LogP contribution in [0.4, 0.5) is 5.69 Å². The van der Waals surface area contributed by atoms with E-state index in [0.29, 0.717) is 24.1 Å². The topological polar surface area (TPSA) is 118 Å². The van der Waals surface area contributed by atoms with Gasteiger partial charge >= 0.3 is 0 Å². The van der Waals surface area contributed by atoms with Gasteiger partial charge in [0.25, 0.3) is 5.69 Å². The average molecular weight is 329 g/mol. The molecule has 1 aromatic carbocycles. The highest BCUT2D eigenvalue weighted by Crippen LogP contribution is 2.25. The van der Waals surface area contributed by atoms with Gasteiger partial charge in [0.15, 0.2) is 0 Å². The van der Waals surface area contributed by atoms with Gasteiger partial charge in [0.1, 0.15) is 0 Å². The van der Waals surface area contributed by atoms with E-state index in [1.54, 1.807) is 13.8 Å². The summed E-state index contributed by atoms with van der Waals surface area (Å²) in [5.41, 5.74) is 0.745. The van der Waals surface area contributed by atoms with Gasteiger partial charge < -0.3 is 5.32 Å². The van der Waals surface area contributed by atoms with Crippen molar-refractivity contribution in [2.75, 3.05) is 13.1 Å². The molecule has 0 aromatic heterocycles. The zero-order valence-electron chi connectivity index (χ0n) is 12.7. The molecule has 8 nitrogen and oxygen atoms in total. The van der Waals surface area contributed by atoms with Crippen LogP contribution in [0.5, 0.6) is 0 Å². The smallest absolute Gasteiger partial charge is 0.271 e. The fraction of sp³-hybridized carbons (Fsp3) is 0.462. The van der Waals surface area contributed by atoms with E-state index in [9.17, 15) is 23.3 Å². The number of amides is 1. The normalized spacial score (nSPS) is 11.2. The third-order valence-corrected chi connectivity index (χ3v) is 4.71. The predicted molar refractivity (Wildman–Crippen MR) is 81.1 cm³/mol. The van der Waals surface area contributed by atoms with Crippen LogP contribution >= 0.6 is 0 Å². The van der Waals surface area contributed by atoms with Crippen molar-refractivity contribution < 1.29 is 18.1 Å². The first kappa shape index (κ1) is 18.1. The SMILES string of the molecule is CC(=O)NCCCNS(=O)(=O)c1cc([N+](=O)[O-])cc(C)c1C. The number of nitrogens with one attached hydrogen (secondary N) is 2. The third-order valence-electron chi connectivity index (χ3n) is 3.12. The number of aryl methyl sites for hydroxylation is 1. The van der Waals surface area contributed by atoms with Gasteiger partial charge in [0.05, 0.1) is 9.82 Å². The molecular formula is C13H19N3O5S. The molecule has 0 aliphatic carbocycles.